The predicted octanol–water partition coefficient (Wildman–Crippen LogP) is 2.12. The molecule has 1 unspecified atom stereocenters. The minimum Gasteiger partial charge on any atom is -0.476 e. The van der Waals surface area contributed by atoms with Crippen molar-refractivity contribution in [2.45, 2.75) is 6.10 Å². The zero-order valence-corrected chi connectivity index (χ0v) is 16.0. The molecule has 0 saturated heterocycles. The molecular weight excluding hydrogens is 392 g/mol. The molecule has 0 fully saturated rings. The van der Waals surface area contributed by atoms with Crippen molar-refractivity contribution in [3.63, 3.8) is 0 Å². The van der Waals surface area contributed by atoms with Gasteiger partial charge in [-0.25, -0.2) is 0 Å². The van der Waals surface area contributed by atoms with Gasteiger partial charge in [0.05, 0.1) is 0 Å². The Balaban J connectivity index is 1.93. The topological polar surface area (TPSA) is 87.6 Å². The molecule has 1 aliphatic rings. The second-order valence-electron chi connectivity index (χ2n) is 6.38. The summed E-state index contributed by atoms with van der Waals surface area (Å²) in [5.74, 6) is 0.476. The smallest absolute Gasteiger partial charge is 0.317 e. The van der Waals surface area contributed by atoms with Crippen molar-refractivity contribution in [2.75, 3.05) is 0 Å². The molecule has 29 heavy (non-hydrogen) atoms. The number of benzene rings is 3. The van der Waals surface area contributed by atoms with Gasteiger partial charge in [-0.1, -0.05) is 95.3 Å². The van der Waals surface area contributed by atoms with Gasteiger partial charge in [0.15, 0.2) is 6.10 Å². The molecule has 1 heterocycles. The number of hydrogen-bond acceptors (Lipinski definition) is 5. The summed E-state index contributed by atoms with van der Waals surface area (Å²) in [6.07, 6.45) is 0.794. The van der Waals surface area contributed by atoms with Gasteiger partial charge in [-0.05, 0) is 11.6 Å². The summed E-state index contributed by atoms with van der Waals surface area (Å²) in [5, 5.41) is 0. The van der Waals surface area contributed by atoms with E-state index < -0.39 is 16.3 Å². The van der Waals surface area contributed by atoms with Gasteiger partial charge in [0.2, 0.25) is 0 Å². The highest BCUT2D eigenvalue weighted by Crippen LogP contribution is 2.42. The van der Waals surface area contributed by atoms with E-state index in [4.69, 9.17) is 9.03 Å². The first-order chi connectivity index (χ1) is 14.0. The molecule has 0 aromatic heterocycles. The maximum atomic E-state index is 11.5. The molecular formula is C23H17ClO5. The van der Waals surface area contributed by atoms with Crippen molar-refractivity contribution in [2.24, 2.45) is 0 Å². The Bertz CT molecular complexity index is 1030. The quantitative estimate of drug-likeness (QED) is 0.645. The summed E-state index contributed by atoms with van der Waals surface area (Å²) in [4.78, 5) is 0. The maximum Gasteiger partial charge on any atom is 0.317 e. The minimum atomic E-state index is -4.70. The van der Waals surface area contributed by atoms with Gasteiger partial charge < -0.3 is 4.74 Å². The number of hydrogen-bond donors (Lipinski definition) is 0. The van der Waals surface area contributed by atoms with Crippen LogP contribution >= 0.6 is 0 Å². The third-order valence-electron chi connectivity index (χ3n) is 4.45. The molecule has 0 aliphatic carbocycles. The van der Waals surface area contributed by atoms with Crippen LogP contribution in [0, 0.1) is 10.2 Å². The number of halogens is 1. The zero-order chi connectivity index (χ0) is 20.3. The van der Waals surface area contributed by atoms with Crippen molar-refractivity contribution in [1.29, 1.82) is 0 Å². The number of rotatable bonds is 5. The van der Waals surface area contributed by atoms with Crippen molar-refractivity contribution < 1.29 is 33.2 Å². The van der Waals surface area contributed by atoms with Gasteiger partial charge >= 0.3 is 5.76 Å². The molecule has 4 rings (SSSR count). The largest absolute Gasteiger partial charge is 0.476 e. The molecule has 6 heteroatoms. The monoisotopic (exact) mass is 408 g/mol. The Hall–Kier alpha value is -3.09. The summed E-state index contributed by atoms with van der Waals surface area (Å²) < 4.78 is 45.5. The molecule has 0 saturated carbocycles. The molecule has 0 N–H and O–H groups in total. The zero-order valence-electron chi connectivity index (χ0n) is 15.2. The third-order valence-corrected chi connectivity index (χ3v) is 4.80. The van der Waals surface area contributed by atoms with E-state index in [0.717, 1.165) is 5.56 Å². The molecule has 1 aliphatic heterocycles. The van der Waals surface area contributed by atoms with E-state index in [2.05, 4.69) is 0 Å². The Kier molecular flexibility index (Phi) is 5.38. The Morgan fingerprint density at radius 2 is 1.21 bits per heavy atom. The lowest BCUT2D eigenvalue weighted by Crippen LogP contribution is -2.61. The van der Waals surface area contributed by atoms with Crippen molar-refractivity contribution >= 4 is 11.3 Å². The van der Waals surface area contributed by atoms with Crippen LogP contribution in [-0.4, -0.2) is 0 Å². The summed E-state index contributed by atoms with van der Waals surface area (Å²) >= 11 is 0. The first-order valence-corrected chi connectivity index (χ1v) is 10.1. The molecule has 1 atom stereocenters. The maximum absolute atomic E-state index is 11.5. The summed E-state index contributed by atoms with van der Waals surface area (Å²) in [6.45, 7) is 0. The Morgan fingerprint density at radius 1 is 0.690 bits per heavy atom. The van der Waals surface area contributed by atoms with E-state index in [9.17, 15) is 14.0 Å². The Labute approximate surface area is 170 Å². The van der Waals surface area contributed by atoms with Crippen LogP contribution in [0.4, 0.5) is 0 Å². The molecule has 3 aromatic rings. The molecule has 146 valence electrons. The first-order valence-electron chi connectivity index (χ1n) is 8.90. The first kappa shape index (κ1) is 19.2. The van der Waals surface area contributed by atoms with Crippen LogP contribution in [-0.2, 0) is 9.03 Å². The summed E-state index contributed by atoms with van der Waals surface area (Å²) in [7, 11) is -4.70. The lowest BCUT2D eigenvalue weighted by Gasteiger charge is -2.28. The van der Waals surface area contributed by atoms with Crippen LogP contribution in [0.3, 0.4) is 0 Å². The summed E-state index contributed by atoms with van der Waals surface area (Å²) in [6, 6.07) is 27.6. The SMILES string of the molecule is [O-][Cl+3]([O-])([O-])OC1=C(c2ccccc2)C=C(c2ccccc2)OC1c1ccccc1. The molecule has 0 radical (unpaired) electrons. The molecule has 3 aromatic carbocycles. The fourth-order valence-electron chi connectivity index (χ4n) is 3.19. The fraction of sp³-hybridized carbons (Fsp3) is 0.0435. The summed E-state index contributed by atoms with van der Waals surface area (Å²) in [5.41, 5.74) is 2.66. The van der Waals surface area contributed by atoms with Gasteiger partial charge in [0.1, 0.15) is 16.0 Å². The second-order valence-corrected chi connectivity index (χ2v) is 7.29. The van der Waals surface area contributed by atoms with Crippen LogP contribution in [0.2, 0.25) is 0 Å². The van der Waals surface area contributed by atoms with Crippen LogP contribution in [0.15, 0.2) is 103 Å². The fourth-order valence-corrected chi connectivity index (χ4v) is 3.55. The second kappa shape index (κ2) is 8.11. The molecule has 5 nitrogen and oxygen atoms in total. The standard InChI is InChI=1S/C23H17ClO5/c25-24(26,27)29-23-20(17-10-4-1-5-11-17)16-21(18-12-6-2-7-13-18)28-22(23)19-14-8-3-9-15-19/h1-16,22H. The lowest BCUT2D eigenvalue weighted by molar-refractivity contribution is -1.92. The predicted molar refractivity (Wildman–Crippen MR) is 99.1 cm³/mol. The van der Waals surface area contributed by atoms with E-state index in [0.29, 0.717) is 22.5 Å². The van der Waals surface area contributed by atoms with E-state index in [-0.39, 0.29) is 5.76 Å². The van der Waals surface area contributed by atoms with E-state index in [1.807, 2.05) is 78.9 Å². The lowest BCUT2D eigenvalue weighted by atomic mass is 9.95. The normalized spacial score (nSPS) is 16.8. The van der Waals surface area contributed by atoms with E-state index in [1.54, 1.807) is 18.2 Å². The highest BCUT2D eigenvalue weighted by Gasteiger charge is 2.39. The average Bonchev–Trinajstić information content (AvgIpc) is 2.74. The molecule has 0 spiro atoms. The highest BCUT2D eigenvalue weighted by molar-refractivity contribution is 5.85. The number of ether oxygens (including phenoxy) is 1. The third kappa shape index (κ3) is 4.50. The van der Waals surface area contributed by atoms with E-state index in [1.165, 1.54) is 0 Å². The van der Waals surface area contributed by atoms with Gasteiger partial charge in [0.25, 0.3) is 0 Å². The average molecular weight is 409 g/mol. The van der Waals surface area contributed by atoms with Crippen LogP contribution in [0.5, 0.6) is 0 Å². The van der Waals surface area contributed by atoms with Crippen LogP contribution in [0.25, 0.3) is 11.3 Å². The number of allylic oxidation sites excluding steroid dienone is 2. The van der Waals surface area contributed by atoms with Gasteiger partial charge in [-0.15, -0.1) is 0 Å². The van der Waals surface area contributed by atoms with Crippen molar-refractivity contribution in [1.82, 2.24) is 0 Å². The van der Waals surface area contributed by atoms with Gasteiger partial charge in [-0.2, -0.15) is 14.0 Å². The molecule has 0 amide bonds. The van der Waals surface area contributed by atoms with Gasteiger partial charge in [-0.3, -0.25) is 0 Å². The highest BCUT2D eigenvalue weighted by atomic mass is 35.7. The van der Waals surface area contributed by atoms with Crippen LogP contribution < -0.4 is 14.0 Å². The van der Waals surface area contributed by atoms with Crippen molar-refractivity contribution in [3.05, 3.63) is 120 Å². The van der Waals surface area contributed by atoms with Crippen molar-refractivity contribution in [3.8, 4) is 0 Å². The minimum absolute atomic E-state index is 0.0706. The Morgan fingerprint density at radius 3 is 1.76 bits per heavy atom. The van der Waals surface area contributed by atoms with E-state index >= 15 is 0 Å². The van der Waals surface area contributed by atoms with Crippen LogP contribution in [0.1, 0.15) is 22.8 Å². The molecule has 0 bridgehead atoms. The van der Waals surface area contributed by atoms with Gasteiger partial charge in [0, 0.05) is 16.7 Å².